The van der Waals surface area contributed by atoms with Crippen LogP contribution in [0.15, 0.2) is 48.5 Å². The first-order valence-electron chi connectivity index (χ1n) is 9.24. The summed E-state index contributed by atoms with van der Waals surface area (Å²) in [4.78, 5) is 18.7. The van der Waals surface area contributed by atoms with Crippen LogP contribution in [-0.4, -0.2) is 20.4 Å². The maximum atomic E-state index is 13.5. The molecule has 0 unspecified atom stereocenters. The van der Waals surface area contributed by atoms with E-state index in [9.17, 15) is 14.4 Å². The number of carbonyl (C=O) groups excluding carboxylic acids is 1. The van der Waals surface area contributed by atoms with Crippen molar-refractivity contribution < 1.29 is 9.18 Å². The molecule has 4 rings (SSSR count). The number of aromatic amines is 1. The summed E-state index contributed by atoms with van der Waals surface area (Å²) in [6.45, 7) is 3.91. The number of hydrogen-bond donors (Lipinski definition) is 2. The molecule has 2 aromatic heterocycles. The highest BCUT2D eigenvalue weighted by molar-refractivity contribution is 5.93. The van der Waals surface area contributed by atoms with Gasteiger partial charge in [0.1, 0.15) is 17.7 Å². The summed E-state index contributed by atoms with van der Waals surface area (Å²) in [5.41, 5.74) is 10.9. The van der Waals surface area contributed by atoms with Gasteiger partial charge >= 0.3 is 0 Å². The van der Waals surface area contributed by atoms with Gasteiger partial charge in [-0.3, -0.25) is 4.79 Å². The van der Waals surface area contributed by atoms with Gasteiger partial charge < -0.3 is 15.3 Å². The normalized spacial score (nSPS) is 11.6. The van der Waals surface area contributed by atoms with Gasteiger partial charge in [0.2, 0.25) is 5.91 Å². The molecule has 0 spiro atoms. The minimum atomic E-state index is -0.476. The molecule has 0 aliphatic heterocycles. The van der Waals surface area contributed by atoms with Crippen LogP contribution in [0.4, 0.5) is 4.39 Å². The number of allylic oxidation sites excluding steroid dienone is 1. The summed E-state index contributed by atoms with van der Waals surface area (Å²) < 4.78 is 15.5. The number of rotatable bonds is 4. The highest BCUT2D eigenvalue weighted by atomic mass is 19.1. The minimum absolute atomic E-state index is 0.343. The molecule has 1 amide bonds. The molecule has 0 atom stereocenters. The van der Waals surface area contributed by atoms with Gasteiger partial charge in [-0.25, -0.2) is 9.37 Å². The number of nitrogens with zero attached hydrogens (tertiary/aromatic N) is 3. The summed E-state index contributed by atoms with van der Waals surface area (Å²) in [5, 5.41) is 9.68. The summed E-state index contributed by atoms with van der Waals surface area (Å²) in [6.07, 6.45) is 1.75. The minimum Gasteiger partial charge on any atom is -0.366 e. The number of hydrogen-bond acceptors (Lipinski definition) is 3. The zero-order valence-corrected chi connectivity index (χ0v) is 16.4. The first-order valence-corrected chi connectivity index (χ1v) is 9.24. The van der Waals surface area contributed by atoms with Gasteiger partial charge in [0.15, 0.2) is 0 Å². The van der Waals surface area contributed by atoms with E-state index in [1.54, 1.807) is 24.3 Å². The topological polar surface area (TPSA) is 100 Å². The number of fused-ring (bicyclic) bond motifs is 1. The maximum absolute atomic E-state index is 13.5. The van der Waals surface area contributed by atoms with Crippen molar-refractivity contribution in [2.45, 2.75) is 13.8 Å². The third-order valence-electron chi connectivity index (χ3n) is 5.00. The highest BCUT2D eigenvalue weighted by Gasteiger charge is 2.13. The van der Waals surface area contributed by atoms with E-state index in [1.807, 2.05) is 36.6 Å². The van der Waals surface area contributed by atoms with Gasteiger partial charge in [-0.05, 0) is 74.0 Å². The van der Waals surface area contributed by atoms with E-state index in [2.05, 4.69) is 16.0 Å². The molecule has 0 radical (unpaired) electrons. The summed E-state index contributed by atoms with van der Waals surface area (Å²) >= 11 is 0. The Morgan fingerprint density at radius 3 is 2.60 bits per heavy atom. The Labute approximate surface area is 172 Å². The van der Waals surface area contributed by atoms with Gasteiger partial charge in [-0.15, -0.1) is 0 Å². The SMILES string of the molecule is Cc1cc(/C=C(/C#N)c2nc3ccc(F)cc3[nH]2)c(C)n1-c1ccc(C(N)=O)cc1. The summed E-state index contributed by atoms with van der Waals surface area (Å²) in [6, 6.07) is 15.4. The molecule has 0 fully saturated rings. The second-order valence-electron chi connectivity index (χ2n) is 6.99. The zero-order valence-electron chi connectivity index (χ0n) is 16.4. The van der Waals surface area contributed by atoms with Crippen LogP contribution in [0.2, 0.25) is 0 Å². The lowest BCUT2D eigenvalue weighted by molar-refractivity contribution is 0.100. The van der Waals surface area contributed by atoms with Crippen molar-refractivity contribution in [1.29, 1.82) is 5.26 Å². The van der Waals surface area contributed by atoms with Crippen molar-refractivity contribution in [3.05, 3.63) is 82.7 Å². The van der Waals surface area contributed by atoms with Crippen LogP contribution in [0.25, 0.3) is 28.4 Å². The van der Waals surface area contributed by atoms with Gasteiger partial charge in [0.05, 0.1) is 16.6 Å². The zero-order chi connectivity index (χ0) is 21.4. The average molecular weight is 399 g/mol. The number of imidazole rings is 1. The number of H-pyrrole nitrogens is 1. The number of aromatic nitrogens is 3. The smallest absolute Gasteiger partial charge is 0.248 e. The number of benzene rings is 2. The molecule has 148 valence electrons. The van der Waals surface area contributed by atoms with Gasteiger partial charge in [0, 0.05) is 22.6 Å². The van der Waals surface area contributed by atoms with E-state index in [0.717, 1.165) is 22.6 Å². The average Bonchev–Trinajstić information content (AvgIpc) is 3.26. The molecule has 30 heavy (non-hydrogen) atoms. The van der Waals surface area contributed by atoms with Crippen molar-refractivity contribution >= 4 is 28.6 Å². The van der Waals surface area contributed by atoms with Crippen molar-refractivity contribution in [2.75, 3.05) is 0 Å². The molecule has 3 N–H and O–H groups in total. The van der Waals surface area contributed by atoms with E-state index in [4.69, 9.17) is 5.73 Å². The van der Waals surface area contributed by atoms with Crippen molar-refractivity contribution in [3.63, 3.8) is 0 Å². The Morgan fingerprint density at radius 2 is 1.93 bits per heavy atom. The van der Waals surface area contributed by atoms with Crippen LogP contribution in [0.1, 0.15) is 33.1 Å². The third-order valence-corrected chi connectivity index (χ3v) is 5.00. The fourth-order valence-corrected chi connectivity index (χ4v) is 3.52. The molecule has 7 heteroatoms. The molecular formula is C23H18FN5O. The van der Waals surface area contributed by atoms with Gasteiger partial charge in [0.25, 0.3) is 0 Å². The molecule has 0 saturated carbocycles. The Hall–Kier alpha value is -4.18. The Kier molecular flexibility index (Phi) is 4.68. The van der Waals surface area contributed by atoms with E-state index < -0.39 is 5.91 Å². The fourth-order valence-electron chi connectivity index (χ4n) is 3.52. The van der Waals surface area contributed by atoms with E-state index >= 15 is 0 Å². The number of primary amides is 1. The van der Waals surface area contributed by atoms with E-state index in [-0.39, 0.29) is 5.82 Å². The number of amides is 1. The van der Waals surface area contributed by atoms with Crippen LogP contribution in [0.3, 0.4) is 0 Å². The molecule has 6 nitrogen and oxygen atoms in total. The molecule has 2 heterocycles. The second kappa shape index (κ2) is 7.33. The van der Waals surface area contributed by atoms with Crippen LogP contribution in [-0.2, 0) is 0 Å². The maximum Gasteiger partial charge on any atom is 0.248 e. The number of halogens is 1. The molecule has 2 aromatic carbocycles. The number of nitrogens with one attached hydrogen (secondary N) is 1. The van der Waals surface area contributed by atoms with Crippen molar-refractivity contribution in [2.24, 2.45) is 5.73 Å². The van der Waals surface area contributed by atoms with Gasteiger partial charge in [-0.1, -0.05) is 0 Å². The number of carbonyl (C=O) groups is 1. The van der Waals surface area contributed by atoms with Crippen LogP contribution >= 0.6 is 0 Å². The molecule has 0 aliphatic rings. The Bertz CT molecular complexity index is 1350. The molecule has 0 bridgehead atoms. The Balaban J connectivity index is 1.76. The van der Waals surface area contributed by atoms with Crippen LogP contribution in [0, 0.1) is 31.0 Å². The number of nitriles is 1. The molecular weight excluding hydrogens is 381 g/mol. The standard InChI is InChI=1S/C23H18FN5O/c1-13-9-16(14(2)29(13)19-6-3-15(4-7-19)22(26)30)10-17(12-25)23-27-20-8-5-18(24)11-21(20)28-23/h3-11H,1-2H3,(H2,26,30)(H,27,28)/b17-10-. The predicted octanol–water partition coefficient (Wildman–Crippen LogP) is 4.27. The Morgan fingerprint density at radius 1 is 1.20 bits per heavy atom. The number of aryl methyl sites for hydroxylation is 1. The summed E-state index contributed by atoms with van der Waals surface area (Å²) in [5.74, 6) is -0.463. The molecule has 4 aromatic rings. The fraction of sp³-hybridized carbons (Fsp3) is 0.0870. The molecule has 0 aliphatic carbocycles. The first-order chi connectivity index (χ1) is 14.4. The number of nitrogens with two attached hydrogens (primary N) is 1. The molecule has 0 saturated heterocycles. The third kappa shape index (κ3) is 3.35. The summed E-state index contributed by atoms with van der Waals surface area (Å²) in [7, 11) is 0. The van der Waals surface area contributed by atoms with Crippen molar-refractivity contribution in [1.82, 2.24) is 14.5 Å². The van der Waals surface area contributed by atoms with Crippen molar-refractivity contribution in [3.8, 4) is 11.8 Å². The highest BCUT2D eigenvalue weighted by Crippen LogP contribution is 2.26. The quantitative estimate of drug-likeness (QED) is 0.501. The predicted molar refractivity (Wildman–Crippen MR) is 113 cm³/mol. The lowest BCUT2D eigenvalue weighted by Crippen LogP contribution is -2.10. The first kappa shape index (κ1) is 19.2. The lowest BCUT2D eigenvalue weighted by atomic mass is 10.1. The van der Waals surface area contributed by atoms with Gasteiger partial charge in [-0.2, -0.15) is 5.26 Å². The van der Waals surface area contributed by atoms with E-state index in [0.29, 0.717) is 28.0 Å². The van der Waals surface area contributed by atoms with E-state index in [1.165, 1.54) is 12.1 Å². The lowest BCUT2D eigenvalue weighted by Gasteiger charge is -2.10. The van der Waals surface area contributed by atoms with Crippen LogP contribution in [0.5, 0.6) is 0 Å². The largest absolute Gasteiger partial charge is 0.366 e. The monoisotopic (exact) mass is 399 g/mol. The van der Waals surface area contributed by atoms with Crippen LogP contribution < -0.4 is 5.73 Å². The second-order valence-corrected chi connectivity index (χ2v) is 6.99.